The van der Waals surface area contributed by atoms with E-state index in [1.54, 1.807) is 18.2 Å². The standard InChI is InChI=1S/C12H17NO3/c1-3-9(14)7-16-11-6-8(2)4-5-10(11)12(13)15/h4-6,9,14H,3,7H2,1-2H3,(H2,13,15)/t9-/m0/s1. The number of nitrogens with two attached hydrogens (primary N) is 1. The summed E-state index contributed by atoms with van der Waals surface area (Å²) in [5.74, 6) is -0.0963. The summed E-state index contributed by atoms with van der Waals surface area (Å²) in [7, 11) is 0. The summed E-state index contributed by atoms with van der Waals surface area (Å²) in [5.41, 5.74) is 6.54. The summed E-state index contributed by atoms with van der Waals surface area (Å²) < 4.78 is 5.38. The number of aliphatic hydroxyl groups is 1. The van der Waals surface area contributed by atoms with Crippen molar-refractivity contribution in [2.45, 2.75) is 26.4 Å². The molecule has 4 heteroatoms. The van der Waals surface area contributed by atoms with Crippen molar-refractivity contribution in [3.05, 3.63) is 29.3 Å². The molecule has 0 fully saturated rings. The fourth-order valence-electron chi connectivity index (χ4n) is 1.26. The second-order valence-corrected chi connectivity index (χ2v) is 3.74. The number of ether oxygens (including phenoxy) is 1. The Balaban J connectivity index is 2.84. The molecule has 0 unspecified atom stereocenters. The van der Waals surface area contributed by atoms with Gasteiger partial charge in [0.05, 0.1) is 11.7 Å². The normalized spacial score (nSPS) is 12.2. The SMILES string of the molecule is CC[C@H](O)COc1cc(C)ccc1C(N)=O. The van der Waals surface area contributed by atoms with Gasteiger partial charge in [0, 0.05) is 0 Å². The second-order valence-electron chi connectivity index (χ2n) is 3.74. The third-order valence-electron chi connectivity index (χ3n) is 2.31. The highest BCUT2D eigenvalue weighted by Gasteiger charge is 2.10. The largest absolute Gasteiger partial charge is 0.490 e. The highest BCUT2D eigenvalue weighted by atomic mass is 16.5. The molecule has 1 rings (SSSR count). The molecule has 3 N–H and O–H groups in total. The highest BCUT2D eigenvalue weighted by molar-refractivity contribution is 5.95. The molecule has 0 heterocycles. The monoisotopic (exact) mass is 223 g/mol. The predicted octanol–water partition coefficient (Wildman–Crippen LogP) is 1.24. The van der Waals surface area contributed by atoms with Gasteiger partial charge in [-0.2, -0.15) is 0 Å². The first-order chi connectivity index (χ1) is 7.54. The minimum Gasteiger partial charge on any atom is -0.490 e. The van der Waals surface area contributed by atoms with Gasteiger partial charge >= 0.3 is 0 Å². The molecule has 0 spiro atoms. The fourth-order valence-corrected chi connectivity index (χ4v) is 1.26. The van der Waals surface area contributed by atoms with E-state index in [9.17, 15) is 9.90 Å². The topological polar surface area (TPSA) is 72.6 Å². The molecule has 1 atom stereocenters. The first-order valence-electron chi connectivity index (χ1n) is 5.26. The van der Waals surface area contributed by atoms with Crippen LogP contribution in [0.25, 0.3) is 0 Å². The van der Waals surface area contributed by atoms with Crippen LogP contribution < -0.4 is 10.5 Å². The van der Waals surface area contributed by atoms with Crippen molar-refractivity contribution in [2.75, 3.05) is 6.61 Å². The number of carbonyl (C=O) groups is 1. The van der Waals surface area contributed by atoms with E-state index >= 15 is 0 Å². The van der Waals surface area contributed by atoms with Gasteiger partial charge in [0.25, 0.3) is 5.91 Å². The van der Waals surface area contributed by atoms with Gasteiger partial charge in [-0.25, -0.2) is 0 Å². The molecule has 1 amide bonds. The van der Waals surface area contributed by atoms with E-state index in [1.807, 2.05) is 13.8 Å². The lowest BCUT2D eigenvalue weighted by Crippen LogP contribution is -2.19. The van der Waals surface area contributed by atoms with Crippen molar-refractivity contribution in [1.29, 1.82) is 0 Å². The van der Waals surface area contributed by atoms with Crippen LogP contribution in [0.2, 0.25) is 0 Å². The number of primary amides is 1. The van der Waals surface area contributed by atoms with Crippen LogP contribution in [-0.4, -0.2) is 23.7 Å². The van der Waals surface area contributed by atoms with Crippen LogP contribution in [0.1, 0.15) is 29.3 Å². The van der Waals surface area contributed by atoms with Crippen molar-refractivity contribution in [3.63, 3.8) is 0 Å². The third kappa shape index (κ3) is 3.24. The van der Waals surface area contributed by atoms with Gasteiger partial charge in [-0.3, -0.25) is 4.79 Å². The Kier molecular flexibility index (Phi) is 4.31. The number of aryl methyl sites for hydroxylation is 1. The van der Waals surface area contributed by atoms with Crippen LogP contribution in [0.3, 0.4) is 0 Å². The van der Waals surface area contributed by atoms with Crippen LogP contribution in [0, 0.1) is 6.92 Å². The summed E-state index contributed by atoms with van der Waals surface area (Å²) in [4.78, 5) is 11.1. The number of amides is 1. The lowest BCUT2D eigenvalue weighted by molar-refractivity contribution is 0.0957. The summed E-state index contributed by atoms with van der Waals surface area (Å²) in [6, 6.07) is 5.16. The highest BCUT2D eigenvalue weighted by Crippen LogP contribution is 2.20. The molecule has 0 saturated carbocycles. The van der Waals surface area contributed by atoms with E-state index in [0.29, 0.717) is 17.7 Å². The first-order valence-corrected chi connectivity index (χ1v) is 5.26. The molecule has 0 aromatic heterocycles. The molecule has 16 heavy (non-hydrogen) atoms. The number of aliphatic hydroxyl groups excluding tert-OH is 1. The zero-order chi connectivity index (χ0) is 12.1. The average Bonchev–Trinajstić information content (AvgIpc) is 2.25. The Bertz CT molecular complexity index is 377. The molecule has 0 radical (unpaired) electrons. The molecule has 0 bridgehead atoms. The number of carbonyl (C=O) groups excluding carboxylic acids is 1. The number of hydrogen-bond acceptors (Lipinski definition) is 3. The summed E-state index contributed by atoms with van der Waals surface area (Å²) >= 11 is 0. The average molecular weight is 223 g/mol. The van der Waals surface area contributed by atoms with Crippen molar-refractivity contribution in [3.8, 4) is 5.75 Å². The van der Waals surface area contributed by atoms with Gasteiger partial charge in [0.2, 0.25) is 0 Å². The molecule has 0 aliphatic rings. The lowest BCUT2D eigenvalue weighted by atomic mass is 10.1. The maximum Gasteiger partial charge on any atom is 0.252 e. The molecule has 0 saturated heterocycles. The Hall–Kier alpha value is -1.55. The van der Waals surface area contributed by atoms with Crippen LogP contribution in [-0.2, 0) is 0 Å². The number of rotatable bonds is 5. The fraction of sp³-hybridized carbons (Fsp3) is 0.417. The minimum absolute atomic E-state index is 0.167. The molecule has 4 nitrogen and oxygen atoms in total. The molecule has 1 aromatic rings. The summed E-state index contributed by atoms with van der Waals surface area (Å²) in [6.45, 7) is 3.92. The van der Waals surface area contributed by atoms with E-state index in [1.165, 1.54) is 0 Å². The third-order valence-corrected chi connectivity index (χ3v) is 2.31. The van der Waals surface area contributed by atoms with Crippen LogP contribution >= 0.6 is 0 Å². The molecule has 0 aliphatic carbocycles. The van der Waals surface area contributed by atoms with E-state index < -0.39 is 12.0 Å². The first kappa shape index (κ1) is 12.5. The molecule has 88 valence electrons. The maximum atomic E-state index is 11.1. The summed E-state index contributed by atoms with van der Waals surface area (Å²) in [5, 5.41) is 9.38. The molecule has 0 aliphatic heterocycles. The van der Waals surface area contributed by atoms with Crippen molar-refractivity contribution in [2.24, 2.45) is 5.73 Å². The van der Waals surface area contributed by atoms with Crippen molar-refractivity contribution >= 4 is 5.91 Å². The van der Waals surface area contributed by atoms with Crippen LogP contribution in [0.5, 0.6) is 5.75 Å². The molecular formula is C12H17NO3. The van der Waals surface area contributed by atoms with Gasteiger partial charge in [0.15, 0.2) is 0 Å². The van der Waals surface area contributed by atoms with E-state index in [0.717, 1.165) is 5.56 Å². The Morgan fingerprint density at radius 1 is 1.56 bits per heavy atom. The zero-order valence-corrected chi connectivity index (χ0v) is 9.56. The van der Waals surface area contributed by atoms with Crippen LogP contribution in [0.4, 0.5) is 0 Å². The van der Waals surface area contributed by atoms with Crippen molar-refractivity contribution < 1.29 is 14.6 Å². The van der Waals surface area contributed by atoms with Gasteiger partial charge in [-0.1, -0.05) is 13.0 Å². The lowest BCUT2D eigenvalue weighted by Gasteiger charge is -2.13. The number of benzene rings is 1. The van der Waals surface area contributed by atoms with Gasteiger partial charge in [-0.15, -0.1) is 0 Å². The molecule has 1 aromatic carbocycles. The maximum absolute atomic E-state index is 11.1. The van der Waals surface area contributed by atoms with E-state index in [2.05, 4.69) is 0 Å². The Morgan fingerprint density at radius 3 is 2.81 bits per heavy atom. The van der Waals surface area contributed by atoms with Crippen molar-refractivity contribution in [1.82, 2.24) is 0 Å². The molecular weight excluding hydrogens is 206 g/mol. The van der Waals surface area contributed by atoms with Crippen LogP contribution in [0.15, 0.2) is 18.2 Å². The predicted molar refractivity (Wildman–Crippen MR) is 61.5 cm³/mol. The Morgan fingerprint density at radius 2 is 2.25 bits per heavy atom. The van der Waals surface area contributed by atoms with Gasteiger partial charge in [-0.05, 0) is 31.0 Å². The minimum atomic E-state index is -0.527. The quantitative estimate of drug-likeness (QED) is 0.788. The van der Waals surface area contributed by atoms with Gasteiger partial charge in [0.1, 0.15) is 12.4 Å². The van der Waals surface area contributed by atoms with E-state index in [4.69, 9.17) is 10.5 Å². The Labute approximate surface area is 95.0 Å². The second kappa shape index (κ2) is 5.51. The number of hydrogen-bond donors (Lipinski definition) is 2. The van der Waals surface area contributed by atoms with Gasteiger partial charge < -0.3 is 15.6 Å². The smallest absolute Gasteiger partial charge is 0.252 e. The van der Waals surface area contributed by atoms with E-state index in [-0.39, 0.29) is 6.61 Å². The summed E-state index contributed by atoms with van der Waals surface area (Å²) in [6.07, 6.45) is 0.0822. The zero-order valence-electron chi connectivity index (χ0n) is 9.56.